The molecule has 3 heteroatoms. The molecule has 0 saturated carbocycles. The molecule has 0 radical (unpaired) electrons. The van der Waals surface area contributed by atoms with Crippen molar-refractivity contribution in [1.29, 1.82) is 0 Å². The normalized spacial score (nSPS) is 11.0. The highest BCUT2D eigenvalue weighted by Crippen LogP contribution is 2.31. The van der Waals surface area contributed by atoms with E-state index < -0.39 is 0 Å². The summed E-state index contributed by atoms with van der Waals surface area (Å²) in [7, 11) is 0. The second-order valence-corrected chi connectivity index (χ2v) is 6.07. The van der Waals surface area contributed by atoms with Crippen molar-refractivity contribution in [1.82, 2.24) is 0 Å². The number of rotatable bonds is 8. The van der Waals surface area contributed by atoms with Crippen LogP contribution in [0.1, 0.15) is 69.3 Å². The number of carbonyl (C=O) groups is 1. The first-order valence-corrected chi connectivity index (χ1v) is 7.90. The molecular formula is C18H28O3. The van der Waals surface area contributed by atoms with Gasteiger partial charge in [0.05, 0.1) is 13.2 Å². The van der Waals surface area contributed by atoms with Gasteiger partial charge in [-0.1, -0.05) is 53.2 Å². The van der Waals surface area contributed by atoms with Crippen molar-refractivity contribution in [2.24, 2.45) is 5.92 Å². The summed E-state index contributed by atoms with van der Waals surface area (Å²) in [6.45, 7) is 11.5. The molecule has 118 valence electrons. The van der Waals surface area contributed by atoms with E-state index in [0.29, 0.717) is 36.4 Å². The van der Waals surface area contributed by atoms with E-state index >= 15 is 0 Å². The van der Waals surface area contributed by atoms with Gasteiger partial charge in [-0.05, 0) is 29.9 Å². The largest absolute Gasteiger partial charge is 0.492 e. The topological polar surface area (TPSA) is 35.5 Å². The number of benzene rings is 1. The highest BCUT2D eigenvalue weighted by Gasteiger charge is 2.19. The Balaban J connectivity index is 3.00. The lowest BCUT2D eigenvalue weighted by Crippen LogP contribution is -2.13. The van der Waals surface area contributed by atoms with E-state index in [1.807, 2.05) is 12.1 Å². The summed E-state index contributed by atoms with van der Waals surface area (Å²) < 4.78 is 11.2. The van der Waals surface area contributed by atoms with Crippen LogP contribution in [0.15, 0.2) is 18.2 Å². The van der Waals surface area contributed by atoms with Gasteiger partial charge in [-0.2, -0.15) is 0 Å². The van der Waals surface area contributed by atoms with Crippen LogP contribution in [0.5, 0.6) is 5.75 Å². The van der Waals surface area contributed by atoms with Gasteiger partial charge >= 0.3 is 5.97 Å². The summed E-state index contributed by atoms with van der Waals surface area (Å²) in [5.41, 5.74) is 1.60. The third kappa shape index (κ3) is 5.41. The van der Waals surface area contributed by atoms with Crippen LogP contribution >= 0.6 is 0 Å². The standard InChI is InChI=1S/C18H28O3/c1-6-7-11-20-18(19)16-10-8-9-15(14(4)5)17(16)21-12-13(2)3/h8-10,13-14H,6-7,11-12H2,1-5H3. The zero-order chi connectivity index (χ0) is 15.8. The number of para-hydroxylation sites is 1. The van der Waals surface area contributed by atoms with Crippen LogP contribution in [0.3, 0.4) is 0 Å². The van der Waals surface area contributed by atoms with Gasteiger partial charge in [0.1, 0.15) is 11.3 Å². The van der Waals surface area contributed by atoms with Crippen molar-refractivity contribution in [3.8, 4) is 5.75 Å². The molecule has 0 fully saturated rings. The van der Waals surface area contributed by atoms with Gasteiger partial charge in [0.2, 0.25) is 0 Å². The third-order valence-electron chi connectivity index (χ3n) is 3.18. The number of unbranched alkanes of at least 4 members (excludes halogenated alkanes) is 1. The maximum atomic E-state index is 12.3. The predicted octanol–water partition coefficient (Wildman–Crippen LogP) is 4.80. The zero-order valence-electron chi connectivity index (χ0n) is 13.9. The minimum Gasteiger partial charge on any atom is -0.492 e. The van der Waals surface area contributed by atoms with E-state index in [9.17, 15) is 4.79 Å². The molecule has 0 bridgehead atoms. The van der Waals surface area contributed by atoms with Crippen LogP contribution in [0.2, 0.25) is 0 Å². The minimum absolute atomic E-state index is 0.287. The Labute approximate surface area is 128 Å². The molecule has 0 saturated heterocycles. The second kappa shape index (κ2) is 8.71. The van der Waals surface area contributed by atoms with Crippen LogP contribution in [0, 0.1) is 5.92 Å². The van der Waals surface area contributed by atoms with Gasteiger partial charge in [0.25, 0.3) is 0 Å². The first-order valence-electron chi connectivity index (χ1n) is 7.90. The molecule has 0 atom stereocenters. The van der Waals surface area contributed by atoms with E-state index in [1.165, 1.54) is 0 Å². The smallest absolute Gasteiger partial charge is 0.341 e. The fourth-order valence-corrected chi connectivity index (χ4v) is 1.97. The number of hydrogen-bond donors (Lipinski definition) is 0. The van der Waals surface area contributed by atoms with Crippen molar-refractivity contribution in [2.45, 2.75) is 53.4 Å². The quantitative estimate of drug-likeness (QED) is 0.510. The van der Waals surface area contributed by atoms with E-state index in [0.717, 1.165) is 18.4 Å². The Morgan fingerprint density at radius 2 is 1.90 bits per heavy atom. The zero-order valence-corrected chi connectivity index (χ0v) is 13.9. The molecule has 0 aromatic heterocycles. The van der Waals surface area contributed by atoms with E-state index in [2.05, 4.69) is 34.6 Å². The number of ether oxygens (including phenoxy) is 2. The Morgan fingerprint density at radius 3 is 2.48 bits per heavy atom. The van der Waals surface area contributed by atoms with Gasteiger partial charge in [-0.3, -0.25) is 0 Å². The van der Waals surface area contributed by atoms with Gasteiger partial charge in [-0.25, -0.2) is 4.79 Å². The van der Waals surface area contributed by atoms with E-state index in [4.69, 9.17) is 9.47 Å². The lowest BCUT2D eigenvalue weighted by molar-refractivity contribution is 0.0494. The summed E-state index contributed by atoms with van der Waals surface area (Å²) in [6, 6.07) is 5.70. The third-order valence-corrected chi connectivity index (χ3v) is 3.18. The van der Waals surface area contributed by atoms with Crippen LogP contribution in [0.25, 0.3) is 0 Å². The van der Waals surface area contributed by atoms with Crippen molar-refractivity contribution in [3.63, 3.8) is 0 Å². The number of hydrogen-bond acceptors (Lipinski definition) is 3. The van der Waals surface area contributed by atoms with Crippen LogP contribution in [0.4, 0.5) is 0 Å². The fraction of sp³-hybridized carbons (Fsp3) is 0.611. The van der Waals surface area contributed by atoms with E-state index in [1.54, 1.807) is 6.07 Å². The van der Waals surface area contributed by atoms with Gasteiger partial charge in [-0.15, -0.1) is 0 Å². The number of esters is 1. The molecule has 0 heterocycles. The molecule has 1 aromatic carbocycles. The highest BCUT2D eigenvalue weighted by molar-refractivity contribution is 5.93. The second-order valence-electron chi connectivity index (χ2n) is 6.07. The fourth-order valence-electron chi connectivity index (χ4n) is 1.97. The van der Waals surface area contributed by atoms with Crippen LogP contribution in [-0.4, -0.2) is 19.2 Å². The van der Waals surface area contributed by atoms with Crippen molar-refractivity contribution < 1.29 is 14.3 Å². The van der Waals surface area contributed by atoms with Gasteiger partial charge in [0.15, 0.2) is 0 Å². The first-order chi connectivity index (χ1) is 9.97. The molecule has 3 nitrogen and oxygen atoms in total. The molecule has 0 amide bonds. The maximum absolute atomic E-state index is 12.3. The summed E-state index contributed by atoms with van der Waals surface area (Å²) in [4.78, 5) is 12.3. The van der Waals surface area contributed by atoms with Gasteiger partial charge in [0, 0.05) is 0 Å². The Bertz CT molecular complexity index is 450. The average Bonchev–Trinajstić information content (AvgIpc) is 2.44. The van der Waals surface area contributed by atoms with E-state index in [-0.39, 0.29) is 5.97 Å². The molecule has 0 unspecified atom stereocenters. The molecule has 21 heavy (non-hydrogen) atoms. The number of carbonyl (C=O) groups excluding carboxylic acids is 1. The average molecular weight is 292 g/mol. The maximum Gasteiger partial charge on any atom is 0.341 e. The monoisotopic (exact) mass is 292 g/mol. The molecular weight excluding hydrogens is 264 g/mol. The molecule has 1 aromatic rings. The predicted molar refractivity (Wildman–Crippen MR) is 86.1 cm³/mol. The van der Waals surface area contributed by atoms with Crippen molar-refractivity contribution in [2.75, 3.05) is 13.2 Å². The molecule has 0 N–H and O–H groups in total. The lowest BCUT2D eigenvalue weighted by Gasteiger charge is -2.18. The molecule has 0 spiro atoms. The van der Waals surface area contributed by atoms with Crippen molar-refractivity contribution >= 4 is 5.97 Å². The summed E-state index contributed by atoms with van der Waals surface area (Å²) >= 11 is 0. The highest BCUT2D eigenvalue weighted by atomic mass is 16.5. The molecule has 0 aliphatic rings. The summed E-state index contributed by atoms with van der Waals surface area (Å²) in [6.07, 6.45) is 1.90. The Morgan fingerprint density at radius 1 is 1.19 bits per heavy atom. The minimum atomic E-state index is -0.287. The summed E-state index contributed by atoms with van der Waals surface area (Å²) in [5.74, 6) is 1.11. The lowest BCUT2D eigenvalue weighted by atomic mass is 9.99. The SMILES string of the molecule is CCCCOC(=O)c1cccc(C(C)C)c1OCC(C)C. The van der Waals surface area contributed by atoms with Crippen LogP contribution < -0.4 is 4.74 Å². The first kappa shape index (κ1) is 17.5. The van der Waals surface area contributed by atoms with Crippen LogP contribution in [-0.2, 0) is 4.74 Å². The summed E-state index contributed by atoms with van der Waals surface area (Å²) in [5, 5.41) is 0. The molecule has 0 aliphatic carbocycles. The van der Waals surface area contributed by atoms with Crippen molar-refractivity contribution in [3.05, 3.63) is 29.3 Å². The Hall–Kier alpha value is -1.51. The molecule has 1 rings (SSSR count). The Kier molecular flexibility index (Phi) is 7.27. The molecule has 0 aliphatic heterocycles. The van der Waals surface area contributed by atoms with Gasteiger partial charge < -0.3 is 9.47 Å².